The Morgan fingerprint density at radius 1 is 1.00 bits per heavy atom. The van der Waals surface area contributed by atoms with Gasteiger partial charge in [0.25, 0.3) is 0 Å². The molecule has 168 valence electrons. The fraction of sp³-hybridized carbons (Fsp3) is 0.440. The van der Waals surface area contributed by atoms with E-state index in [2.05, 4.69) is 14.9 Å². The molecule has 0 amide bonds. The zero-order valence-corrected chi connectivity index (χ0v) is 18.4. The monoisotopic (exact) mass is 434 g/mol. The van der Waals surface area contributed by atoms with Crippen LogP contribution >= 0.6 is 0 Å². The molecule has 5 rings (SSSR count). The van der Waals surface area contributed by atoms with Crippen LogP contribution in [0.25, 0.3) is 5.69 Å². The Morgan fingerprint density at radius 3 is 2.50 bits per heavy atom. The fourth-order valence-corrected chi connectivity index (χ4v) is 4.66. The van der Waals surface area contributed by atoms with E-state index in [1.807, 2.05) is 36.4 Å². The van der Waals surface area contributed by atoms with Gasteiger partial charge in [-0.05, 0) is 43.9 Å². The van der Waals surface area contributed by atoms with Gasteiger partial charge >= 0.3 is 5.56 Å². The zero-order valence-electron chi connectivity index (χ0n) is 18.4. The summed E-state index contributed by atoms with van der Waals surface area (Å²) in [5.74, 6) is 0.444. The van der Waals surface area contributed by atoms with Gasteiger partial charge < -0.3 is 14.1 Å². The molecule has 0 radical (unpaired) electrons. The maximum Gasteiger partial charge on any atom is 0.316 e. The number of benzene rings is 1. The zero-order chi connectivity index (χ0) is 21.8. The summed E-state index contributed by atoms with van der Waals surface area (Å²) >= 11 is 0. The molecule has 1 saturated heterocycles. The van der Waals surface area contributed by atoms with Gasteiger partial charge in [-0.25, -0.2) is 0 Å². The molecule has 7 heteroatoms. The second-order valence-corrected chi connectivity index (χ2v) is 8.68. The fourth-order valence-electron chi connectivity index (χ4n) is 4.66. The van der Waals surface area contributed by atoms with Crippen LogP contribution in [0.2, 0.25) is 0 Å². The van der Waals surface area contributed by atoms with E-state index in [1.165, 1.54) is 16.7 Å². The quantitative estimate of drug-likeness (QED) is 0.587. The van der Waals surface area contributed by atoms with Crippen LogP contribution in [0, 0.1) is 0 Å². The molecule has 0 N–H and O–H groups in total. The van der Waals surface area contributed by atoms with Crippen molar-refractivity contribution in [3.8, 4) is 11.4 Å². The smallest absolute Gasteiger partial charge is 0.316 e. The van der Waals surface area contributed by atoms with E-state index in [0.29, 0.717) is 5.75 Å². The second kappa shape index (κ2) is 9.61. The normalized spacial score (nSPS) is 18.1. The summed E-state index contributed by atoms with van der Waals surface area (Å²) in [5, 5.41) is 4.51. The number of nitrogens with zero attached hydrogens (tertiary/aromatic N) is 4. The Morgan fingerprint density at radius 2 is 1.78 bits per heavy atom. The topological polar surface area (TPSA) is 63.7 Å². The van der Waals surface area contributed by atoms with Gasteiger partial charge in [-0.3, -0.25) is 9.69 Å². The Bertz CT molecular complexity index is 1050. The van der Waals surface area contributed by atoms with Gasteiger partial charge in [0, 0.05) is 38.3 Å². The molecule has 32 heavy (non-hydrogen) atoms. The van der Waals surface area contributed by atoms with Crippen LogP contribution in [-0.4, -0.2) is 47.0 Å². The van der Waals surface area contributed by atoms with Crippen molar-refractivity contribution in [2.45, 2.75) is 44.8 Å². The summed E-state index contributed by atoms with van der Waals surface area (Å²) in [7, 11) is 0. The minimum Gasteiger partial charge on any atom is -0.483 e. The van der Waals surface area contributed by atoms with E-state index in [1.54, 1.807) is 18.7 Å². The molecular formula is C25H30N4O3. The largest absolute Gasteiger partial charge is 0.483 e. The van der Waals surface area contributed by atoms with Crippen LogP contribution in [0.1, 0.15) is 37.7 Å². The molecule has 1 aliphatic carbocycles. The molecule has 2 aliphatic rings. The number of furan rings is 1. The first-order chi connectivity index (χ1) is 15.8. The molecule has 0 bridgehead atoms. The third-order valence-electron chi connectivity index (χ3n) is 6.45. The number of rotatable bonds is 6. The standard InChI is InChI=1S/C25H30N4O3/c30-25-24(32-22-9-5-2-6-10-22)23(17-26-29(25)21-7-3-1-4-8-21)28-14-12-27(13-15-28)18-20-11-16-31-19-20/h1,3-4,7-8,11,16-17,19,22H,2,5-6,9-10,12-15,18H2. The Kier molecular flexibility index (Phi) is 6.25. The van der Waals surface area contributed by atoms with E-state index in [4.69, 9.17) is 9.15 Å². The molecule has 1 aromatic carbocycles. The van der Waals surface area contributed by atoms with Gasteiger partial charge in [0.05, 0.1) is 30.5 Å². The lowest BCUT2D eigenvalue weighted by molar-refractivity contribution is 0.152. The summed E-state index contributed by atoms with van der Waals surface area (Å²) in [5.41, 5.74) is 2.57. The summed E-state index contributed by atoms with van der Waals surface area (Å²) < 4.78 is 13.1. The SMILES string of the molecule is O=c1c(OC2CCCCC2)c(N2CCN(Cc3ccoc3)CC2)cnn1-c1ccccc1. The van der Waals surface area contributed by atoms with Gasteiger partial charge in [-0.1, -0.05) is 24.6 Å². The van der Waals surface area contributed by atoms with Crippen LogP contribution in [0.5, 0.6) is 5.75 Å². The maximum absolute atomic E-state index is 13.5. The third kappa shape index (κ3) is 4.58. The first-order valence-corrected chi connectivity index (χ1v) is 11.6. The maximum atomic E-state index is 13.5. The van der Waals surface area contributed by atoms with Crippen LogP contribution < -0.4 is 15.2 Å². The number of hydrogen-bond donors (Lipinski definition) is 0. The average Bonchev–Trinajstić information content (AvgIpc) is 3.35. The first kappa shape index (κ1) is 20.8. The van der Waals surface area contributed by atoms with Gasteiger partial charge in [-0.15, -0.1) is 0 Å². The van der Waals surface area contributed by atoms with Crippen LogP contribution in [-0.2, 0) is 6.54 Å². The number of aromatic nitrogens is 2. The molecule has 1 saturated carbocycles. The Balaban J connectivity index is 1.39. The van der Waals surface area contributed by atoms with E-state index >= 15 is 0 Å². The van der Waals surface area contributed by atoms with Crippen molar-refractivity contribution in [1.82, 2.24) is 14.7 Å². The van der Waals surface area contributed by atoms with Crippen LogP contribution in [0.3, 0.4) is 0 Å². The van der Waals surface area contributed by atoms with Crippen molar-refractivity contribution in [3.63, 3.8) is 0 Å². The number of para-hydroxylation sites is 1. The Hall–Kier alpha value is -3.06. The van der Waals surface area contributed by atoms with Crippen molar-refractivity contribution >= 4 is 5.69 Å². The lowest BCUT2D eigenvalue weighted by Crippen LogP contribution is -2.46. The highest BCUT2D eigenvalue weighted by Crippen LogP contribution is 2.29. The molecule has 3 aromatic rings. The van der Waals surface area contributed by atoms with Crippen LogP contribution in [0.15, 0.2) is 64.3 Å². The van der Waals surface area contributed by atoms with E-state index in [0.717, 1.165) is 69.8 Å². The van der Waals surface area contributed by atoms with Gasteiger partial charge in [0.15, 0.2) is 0 Å². The number of anilines is 1. The number of ether oxygens (including phenoxy) is 1. The van der Waals surface area contributed by atoms with Crippen molar-refractivity contribution in [3.05, 3.63) is 71.0 Å². The minimum atomic E-state index is -0.180. The molecule has 0 atom stereocenters. The highest BCUT2D eigenvalue weighted by molar-refractivity contribution is 5.57. The lowest BCUT2D eigenvalue weighted by Gasteiger charge is -2.36. The first-order valence-electron chi connectivity index (χ1n) is 11.6. The van der Waals surface area contributed by atoms with Gasteiger partial charge in [0.1, 0.15) is 5.69 Å². The van der Waals surface area contributed by atoms with Gasteiger partial charge in [-0.2, -0.15) is 9.78 Å². The molecule has 2 aromatic heterocycles. The molecule has 1 aliphatic heterocycles. The number of piperazine rings is 1. The average molecular weight is 435 g/mol. The summed E-state index contributed by atoms with van der Waals surface area (Å²) in [4.78, 5) is 18.2. The van der Waals surface area contributed by atoms with Crippen LogP contribution in [0.4, 0.5) is 5.69 Å². The van der Waals surface area contributed by atoms with E-state index < -0.39 is 0 Å². The van der Waals surface area contributed by atoms with E-state index in [-0.39, 0.29) is 11.7 Å². The van der Waals surface area contributed by atoms with Gasteiger partial charge in [0.2, 0.25) is 5.75 Å². The molecule has 7 nitrogen and oxygen atoms in total. The van der Waals surface area contributed by atoms with Crippen molar-refractivity contribution < 1.29 is 9.15 Å². The molecule has 2 fully saturated rings. The van der Waals surface area contributed by atoms with Crippen molar-refractivity contribution in [1.29, 1.82) is 0 Å². The molecule has 0 spiro atoms. The third-order valence-corrected chi connectivity index (χ3v) is 6.45. The second-order valence-electron chi connectivity index (χ2n) is 8.68. The predicted octanol–water partition coefficient (Wildman–Crippen LogP) is 3.86. The number of hydrogen-bond acceptors (Lipinski definition) is 6. The Labute approximate surface area is 188 Å². The lowest BCUT2D eigenvalue weighted by atomic mass is 9.98. The molecule has 0 unspecified atom stereocenters. The molecular weight excluding hydrogens is 404 g/mol. The summed E-state index contributed by atoms with van der Waals surface area (Å²) in [6.07, 6.45) is 11.0. The van der Waals surface area contributed by atoms with Crippen molar-refractivity contribution in [2.75, 3.05) is 31.1 Å². The summed E-state index contributed by atoms with van der Waals surface area (Å²) in [6.45, 7) is 4.36. The van der Waals surface area contributed by atoms with E-state index in [9.17, 15) is 4.79 Å². The highest BCUT2D eigenvalue weighted by atomic mass is 16.5. The summed E-state index contributed by atoms with van der Waals surface area (Å²) in [6, 6.07) is 11.6. The highest BCUT2D eigenvalue weighted by Gasteiger charge is 2.26. The minimum absolute atomic E-state index is 0.101. The van der Waals surface area contributed by atoms with Crippen molar-refractivity contribution in [2.24, 2.45) is 0 Å². The predicted molar refractivity (Wildman–Crippen MR) is 124 cm³/mol. The molecule has 3 heterocycles.